The Labute approximate surface area is 172 Å². The number of barbiturate groups is 1. The Morgan fingerprint density at radius 3 is 2.45 bits per heavy atom. The molecule has 1 saturated heterocycles. The van der Waals surface area contributed by atoms with Gasteiger partial charge in [-0.05, 0) is 43.7 Å². The number of ether oxygens (including phenoxy) is 2. The average Bonchev–Trinajstić information content (AvgIpc) is 3.19. The number of urea groups is 1. The first kappa shape index (κ1) is 20.5. The summed E-state index contributed by atoms with van der Waals surface area (Å²) in [5.41, 5.74) is 0.147. The number of benzene rings is 1. The predicted octanol–water partition coefficient (Wildman–Crippen LogP) is 3.39. The second-order valence-electron chi connectivity index (χ2n) is 5.97. The van der Waals surface area contributed by atoms with Crippen molar-refractivity contribution in [3.8, 4) is 11.5 Å². The maximum atomic E-state index is 12.8. The van der Waals surface area contributed by atoms with E-state index in [4.69, 9.17) is 25.5 Å². The maximum absolute atomic E-state index is 12.8. The number of furan rings is 1. The van der Waals surface area contributed by atoms with E-state index in [0.717, 1.165) is 4.90 Å². The van der Waals surface area contributed by atoms with E-state index in [9.17, 15) is 14.4 Å². The van der Waals surface area contributed by atoms with Gasteiger partial charge in [0.15, 0.2) is 11.5 Å². The highest BCUT2D eigenvalue weighted by molar-refractivity contribution is 6.34. The van der Waals surface area contributed by atoms with E-state index in [1.807, 2.05) is 13.8 Å². The lowest BCUT2D eigenvalue weighted by molar-refractivity contribution is -0.130. The molecular weight excluding hydrogens is 400 g/mol. The number of rotatable bonds is 7. The Hall–Kier alpha value is -3.26. The molecule has 0 saturated carbocycles. The molecule has 2 heterocycles. The van der Waals surface area contributed by atoms with E-state index < -0.39 is 17.8 Å². The summed E-state index contributed by atoms with van der Waals surface area (Å²) in [5, 5.41) is 2.42. The molecule has 152 valence electrons. The smallest absolute Gasteiger partial charge is 0.331 e. The van der Waals surface area contributed by atoms with Gasteiger partial charge in [0.25, 0.3) is 11.8 Å². The van der Waals surface area contributed by atoms with Crippen LogP contribution in [0.4, 0.5) is 4.79 Å². The van der Waals surface area contributed by atoms with Gasteiger partial charge in [0.05, 0.1) is 31.0 Å². The molecule has 1 aromatic heterocycles. The van der Waals surface area contributed by atoms with Gasteiger partial charge in [-0.25, -0.2) is 4.79 Å². The van der Waals surface area contributed by atoms with E-state index in [0.29, 0.717) is 36.0 Å². The van der Waals surface area contributed by atoms with Crippen molar-refractivity contribution in [3.63, 3.8) is 0 Å². The maximum Gasteiger partial charge on any atom is 0.331 e. The van der Waals surface area contributed by atoms with Gasteiger partial charge in [0, 0.05) is 6.07 Å². The van der Waals surface area contributed by atoms with Crippen molar-refractivity contribution in [1.29, 1.82) is 0 Å². The van der Waals surface area contributed by atoms with Gasteiger partial charge in [-0.2, -0.15) is 0 Å². The Kier molecular flexibility index (Phi) is 6.23. The standard InChI is InChI=1S/C20H19ClN2O6/c1-3-27-16-9-12(15(21)10-17(16)28-4-2)8-14-18(24)22-20(26)23(19(14)25)11-13-6-5-7-29-13/h5-10H,3-4,11H2,1-2H3,(H,22,24,26). The highest BCUT2D eigenvalue weighted by Crippen LogP contribution is 2.35. The minimum absolute atomic E-state index is 0.108. The van der Waals surface area contributed by atoms with Gasteiger partial charge in [0.1, 0.15) is 11.3 Å². The van der Waals surface area contributed by atoms with Crippen LogP contribution < -0.4 is 14.8 Å². The van der Waals surface area contributed by atoms with Gasteiger partial charge in [0.2, 0.25) is 0 Å². The molecule has 1 N–H and O–H groups in total. The van der Waals surface area contributed by atoms with E-state index >= 15 is 0 Å². The highest BCUT2D eigenvalue weighted by Gasteiger charge is 2.36. The molecule has 3 rings (SSSR count). The van der Waals surface area contributed by atoms with Gasteiger partial charge in [-0.3, -0.25) is 19.8 Å². The van der Waals surface area contributed by atoms with Crippen molar-refractivity contribution in [3.05, 3.63) is 52.4 Å². The molecule has 1 aliphatic rings. The second kappa shape index (κ2) is 8.83. The summed E-state index contributed by atoms with van der Waals surface area (Å²) in [6.45, 7) is 4.35. The monoisotopic (exact) mass is 418 g/mol. The highest BCUT2D eigenvalue weighted by atomic mass is 35.5. The fourth-order valence-electron chi connectivity index (χ4n) is 2.75. The first-order valence-electron chi connectivity index (χ1n) is 8.95. The van der Waals surface area contributed by atoms with Gasteiger partial charge in [-0.15, -0.1) is 0 Å². The molecule has 0 unspecified atom stereocenters. The molecule has 0 spiro atoms. The zero-order valence-electron chi connectivity index (χ0n) is 15.9. The fourth-order valence-corrected chi connectivity index (χ4v) is 2.96. The molecule has 2 aromatic rings. The van der Waals surface area contributed by atoms with Crippen molar-refractivity contribution in [2.24, 2.45) is 0 Å². The molecule has 1 fully saturated rings. The van der Waals surface area contributed by atoms with Gasteiger partial charge < -0.3 is 13.9 Å². The van der Waals surface area contributed by atoms with Crippen LogP contribution in [0.5, 0.6) is 11.5 Å². The molecule has 0 aliphatic carbocycles. The Morgan fingerprint density at radius 2 is 1.83 bits per heavy atom. The molecule has 9 heteroatoms. The summed E-state index contributed by atoms with van der Waals surface area (Å²) < 4.78 is 16.3. The summed E-state index contributed by atoms with van der Waals surface area (Å²) in [6.07, 6.45) is 2.75. The molecule has 1 aliphatic heterocycles. The van der Waals surface area contributed by atoms with Crippen LogP contribution >= 0.6 is 11.6 Å². The minimum atomic E-state index is -0.818. The fraction of sp³-hybridized carbons (Fsp3) is 0.250. The minimum Gasteiger partial charge on any atom is -0.490 e. The summed E-state index contributed by atoms with van der Waals surface area (Å²) >= 11 is 6.31. The number of nitrogens with zero attached hydrogens (tertiary/aromatic N) is 1. The third-order valence-corrected chi connectivity index (χ3v) is 4.37. The largest absolute Gasteiger partial charge is 0.490 e. The topological polar surface area (TPSA) is 98.1 Å². The molecule has 0 radical (unpaired) electrons. The first-order chi connectivity index (χ1) is 13.9. The van der Waals surface area contributed by atoms with Crippen LogP contribution in [0.3, 0.4) is 0 Å². The van der Waals surface area contributed by atoms with Crippen LogP contribution in [0, 0.1) is 0 Å². The van der Waals surface area contributed by atoms with Gasteiger partial charge >= 0.3 is 6.03 Å². The second-order valence-corrected chi connectivity index (χ2v) is 6.38. The number of hydrogen-bond acceptors (Lipinski definition) is 6. The number of imide groups is 2. The lowest BCUT2D eigenvalue weighted by Gasteiger charge is -2.25. The third-order valence-electron chi connectivity index (χ3n) is 4.04. The summed E-state index contributed by atoms with van der Waals surface area (Å²) in [7, 11) is 0. The third kappa shape index (κ3) is 4.43. The SMILES string of the molecule is CCOc1cc(Cl)c(C=C2C(=O)NC(=O)N(Cc3ccco3)C2=O)cc1OCC. The Bertz CT molecular complexity index is 968. The van der Waals surface area contributed by atoms with Crippen LogP contribution in [0.15, 0.2) is 40.5 Å². The van der Waals surface area contributed by atoms with Crippen molar-refractivity contribution in [2.45, 2.75) is 20.4 Å². The number of amides is 4. The average molecular weight is 419 g/mol. The van der Waals surface area contributed by atoms with E-state index in [1.54, 1.807) is 24.3 Å². The first-order valence-corrected chi connectivity index (χ1v) is 9.32. The summed E-state index contributed by atoms with van der Waals surface area (Å²) in [4.78, 5) is 38.1. The van der Waals surface area contributed by atoms with Crippen LogP contribution in [-0.4, -0.2) is 36.0 Å². The van der Waals surface area contributed by atoms with Crippen LogP contribution in [0.2, 0.25) is 5.02 Å². The van der Waals surface area contributed by atoms with E-state index in [-0.39, 0.29) is 17.1 Å². The van der Waals surface area contributed by atoms with Gasteiger partial charge in [-0.1, -0.05) is 11.6 Å². The van der Waals surface area contributed by atoms with E-state index in [2.05, 4.69) is 5.32 Å². The molecule has 29 heavy (non-hydrogen) atoms. The number of halogens is 1. The molecule has 1 aromatic carbocycles. The molecule has 0 bridgehead atoms. The lowest BCUT2D eigenvalue weighted by atomic mass is 10.1. The van der Waals surface area contributed by atoms with Crippen LogP contribution in [-0.2, 0) is 16.1 Å². The number of nitrogens with one attached hydrogen (secondary N) is 1. The molecular formula is C20H19ClN2O6. The van der Waals surface area contributed by atoms with Crippen LogP contribution in [0.1, 0.15) is 25.2 Å². The normalized spacial score (nSPS) is 15.6. The molecule has 4 amide bonds. The van der Waals surface area contributed by atoms with Crippen molar-refractivity contribution < 1.29 is 28.3 Å². The Balaban J connectivity index is 1.97. The van der Waals surface area contributed by atoms with Crippen molar-refractivity contribution in [2.75, 3.05) is 13.2 Å². The zero-order valence-corrected chi connectivity index (χ0v) is 16.6. The summed E-state index contributed by atoms with van der Waals surface area (Å²) in [6, 6.07) is 5.58. The zero-order chi connectivity index (χ0) is 21.0. The lowest BCUT2D eigenvalue weighted by Crippen LogP contribution is -2.53. The number of carbonyl (C=O) groups is 3. The number of carbonyl (C=O) groups excluding carboxylic acids is 3. The molecule has 0 atom stereocenters. The molecule has 8 nitrogen and oxygen atoms in total. The van der Waals surface area contributed by atoms with Crippen molar-refractivity contribution >= 4 is 35.5 Å². The number of hydrogen-bond donors (Lipinski definition) is 1. The Morgan fingerprint density at radius 1 is 1.14 bits per heavy atom. The predicted molar refractivity (Wildman–Crippen MR) is 105 cm³/mol. The van der Waals surface area contributed by atoms with E-state index in [1.165, 1.54) is 12.3 Å². The quantitative estimate of drug-likeness (QED) is 0.546. The summed E-state index contributed by atoms with van der Waals surface area (Å²) in [5.74, 6) is -0.273. The van der Waals surface area contributed by atoms with Crippen molar-refractivity contribution in [1.82, 2.24) is 10.2 Å². The van der Waals surface area contributed by atoms with Crippen LogP contribution in [0.25, 0.3) is 6.08 Å².